The third kappa shape index (κ3) is 5.13. The number of fused-ring (bicyclic) bond motifs is 1. The number of hydrogen-bond acceptors (Lipinski definition) is 9. The van der Waals surface area contributed by atoms with Crippen molar-refractivity contribution in [2.45, 2.75) is 40.7 Å². The van der Waals surface area contributed by atoms with Gasteiger partial charge in [-0.3, -0.25) is 9.36 Å². The number of carbonyl (C=O) groups is 1. The smallest absolute Gasteiger partial charge is 0.338 e. The zero-order valence-corrected chi connectivity index (χ0v) is 23.4. The van der Waals surface area contributed by atoms with Crippen molar-refractivity contribution in [3.05, 3.63) is 72.6 Å². The maximum absolute atomic E-state index is 13.8. The minimum absolute atomic E-state index is 0.201. The van der Waals surface area contributed by atoms with Crippen molar-refractivity contribution in [1.29, 1.82) is 0 Å². The number of aromatic nitrogens is 1. The molecule has 0 amide bonds. The van der Waals surface area contributed by atoms with Crippen LogP contribution in [-0.4, -0.2) is 43.9 Å². The SMILES string of the molecule is CCOC(=O)C1=C(C)N=c2s/c(=C/c3ccc(N(CC)CC)o3)c(=O)n2C1c1ccc(OC)c(OCC)c1. The monoisotopic (exact) mass is 539 g/mol. The van der Waals surface area contributed by atoms with Crippen LogP contribution in [0.5, 0.6) is 11.5 Å². The maximum atomic E-state index is 13.8. The number of nitrogens with zero attached hydrogens (tertiary/aromatic N) is 3. The van der Waals surface area contributed by atoms with Crippen LogP contribution in [0.2, 0.25) is 0 Å². The molecule has 2 aromatic heterocycles. The van der Waals surface area contributed by atoms with E-state index in [0.717, 1.165) is 19.0 Å². The van der Waals surface area contributed by atoms with Crippen LogP contribution in [0.15, 0.2) is 55.8 Å². The molecule has 1 atom stereocenters. The zero-order chi connectivity index (χ0) is 27.4. The molecule has 0 N–H and O–H groups in total. The number of esters is 1. The van der Waals surface area contributed by atoms with E-state index in [4.69, 9.17) is 18.6 Å². The fraction of sp³-hybridized carbons (Fsp3) is 0.393. The van der Waals surface area contributed by atoms with Crippen LogP contribution in [0.4, 0.5) is 5.88 Å². The summed E-state index contributed by atoms with van der Waals surface area (Å²) in [5, 5.41) is 0. The predicted molar refractivity (Wildman–Crippen MR) is 147 cm³/mol. The van der Waals surface area contributed by atoms with Gasteiger partial charge in [-0.1, -0.05) is 17.4 Å². The highest BCUT2D eigenvalue weighted by molar-refractivity contribution is 7.07. The number of allylic oxidation sites excluding steroid dienone is 1. The molecule has 9 nitrogen and oxygen atoms in total. The van der Waals surface area contributed by atoms with Gasteiger partial charge in [-0.05, 0) is 58.4 Å². The van der Waals surface area contributed by atoms with Crippen molar-refractivity contribution in [2.24, 2.45) is 4.99 Å². The molecule has 0 radical (unpaired) electrons. The Labute approximate surface area is 225 Å². The Balaban J connectivity index is 1.90. The largest absolute Gasteiger partial charge is 0.493 e. The summed E-state index contributed by atoms with van der Waals surface area (Å²) in [5.74, 6) is 1.87. The van der Waals surface area contributed by atoms with Crippen LogP contribution < -0.4 is 29.3 Å². The van der Waals surface area contributed by atoms with Gasteiger partial charge in [0.1, 0.15) is 5.76 Å². The summed E-state index contributed by atoms with van der Waals surface area (Å²) in [6.07, 6.45) is 1.72. The van der Waals surface area contributed by atoms with Gasteiger partial charge in [0.15, 0.2) is 22.2 Å². The van der Waals surface area contributed by atoms with Crippen molar-refractivity contribution < 1.29 is 23.4 Å². The first-order valence-electron chi connectivity index (χ1n) is 12.7. The van der Waals surface area contributed by atoms with E-state index in [9.17, 15) is 9.59 Å². The molecule has 0 saturated heterocycles. The lowest BCUT2D eigenvalue weighted by Crippen LogP contribution is -2.39. The second-order valence-corrected chi connectivity index (χ2v) is 9.50. The summed E-state index contributed by atoms with van der Waals surface area (Å²) in [4.78, 5) is 34.2. The molecule has 0 saturated carbocycles. The molecule has 3 heterocycles. The van der Waals surface area contributed by atoms with Crippen LogP contribution >= 0.6 is 11.3 Å². The molecular weight excluding hydrogens is 506 g/mol. The van der Waals surface area contributed by atoms with E-state index in [0.29, 0.717) is 50.0 Å². The van der Waals surface area contributed by atoms with E-state index in [-0.39, 0.29) is 12.2 Å². The van der Waals surface area contributed by atoms with Crippen LogP contribution in [0.1, 0.15) is 52.0 Å². The molecule has 0 bridgehead atoms. The Morgan fingerprint density at radius 1 is 1.13 bits per heavy atom. The van der Waals surface area contributed by atoms with E-state index < -0.39 is 12.0 Å². The molecule has 0 fully saturated rings. The van der Waals surface area contributed by atoms with Gasteiger partial charge >= 0.3 is 5.97 Å². The quantitative estimate of drug-likeness (QED) is 0.363. The van der Waals surface area contributed by atoms with Gasteiger partial charge in [0.25, 0.3) is 5.56 Å². The second kappa shape index (κ2) is 11.7. The number of methoxy groups -OCH3 is 1. The summed E-state index contributed by atoms with van der Waals surface area (Å²) in [6, 6.07) is 8.38. The van der Waals surface area contributed by atoms with Crippen LogP contribution in [0.25, 0.3) is 6.08 Å². The number of ether oxygens (including phenoxy) is 3. The highest BCUT2D eigenvalue weighted by Gasteiger charge is 2.34. The Morgan fingerprint density at radius 2 is 1.89 bits per heavy atom. The molecule has 38 heavy (non-hydrogen) atoms. The number of benzene rings is 1. The highest BCUT2D eigenvalue weighted by Crippen LogP contribution is 2.36. The van der Waals surface area contributed by atoms with Gasteiger partial charge in [0.2, 0.25) is 0 Å². The van der Waals surface area contributed by atoms with E-state index >= 15 is 0 Å². The minimum Gasteiger partial charge on any atom is -0.493 e. The number of carbonyl (C=O) groups excluding carboxylic acids is 1. The summed E-state index contributed by atoms with van der Waals surface area (Å²) in [5.41, 5.74) is 1.21. The first kappa shape index (κ1) is 27.3. The number of rotatable bonds is 10. The van der Waals surface area contributed by atoms with Gasteiger partial charge in [-0.25, -0.2) is 9.79 Å². The first-order valence-corrected chi connectivity index (χ1v) is 13.5. The normalized spacial score (nSPS) is 15.2. The lowest BCUT2D eigenvalue weighted by molar-refractivity contribution is -0.139. The first-order chi connectivity index (χ1) is 18.4. The molecule has 4 rings (SSSR count). The number of thiazole rings is 1. The summed E-state index contributed by atoms with van der Waals surface area (Å²) < 4.78 is 24.6. The third-order valence-corrected chi connectivity index (χ3v) is 7.26. The molecule has 1 aliphatic heterocycles. The van der Waals surface area contributed by atoms with Crippen molar-refractivity contribution in [3.63, 3.8) is 0 Å². The van der Waals surface area contributed by atoms with Gasteiger partial charge < -0.3 is 23.5 Å². The second-order valence-electron chi connectivity index (χ2n) is 8.49. The Kier molecular flexibility index (Phi) is 8.41. The molecule has 1 aliphatic rings. The van der Waals surface area contributed by atoms with Crippen LogP contribution in [-0.2, 0) is 9.53 Å². The molecular formula is C28H33N3O6S. The van der Waals surface area contributed by atoms with Gasteiger partial charge in [-0.15, -0.1) is 0 Å². The molecule has 0 aliphatic carbocycles. The highest BCUT2D eigenvalue weighted by atomic mass is 32.1. The molecule has 1 aromatic carbocycles. The van der Waals surface area contributed by atoms with E-state index in [2.05, 4.69) is 23.7 Å². The molecule has 3 aromatic rings. The number of anilines is 1. The van der Waals surface area contributed by atoms with Gasteiger partial charge in [-0.2, -0.15) is 0 Å². The Hall–Kier alpha value is -3.79. The standard InChI is InChI=1S/C28H33N3O6S/c1-7-30(8-2)23-14-12-19(37-23)16-22-26(32)31-25(18-11-13-20(34-6)21(15-18)35-9-3)24(27(33)36-10-4)17(5)29-28(31)38-22/h11-16,25H,7-10H2,1-6H3/b22-16+. The van der Waals surface area contributed by atoms with Crippen molar-refractivity contribution in [2.75, 3.05) is 38.3 Å². The van der Waals surface area contributed by atoms with E-state index in [1.807, 2.05) is 25.1 Å². The molecule has 0 spiro atoms. The van der Waals surface area contributed by atoms with Gasteiger partial charge in [0, 0.05) is 25.2 Å². The van der Waals surface area contributed by atoms with Gasteiger partial charge in [0.05, 0.1) is 42.2 Å². The Bertz CT molecular complexity index is 1530. The van der Waals surface area contributed by atoms with Crippen LogP contribution in [0.3, 0.4) is 0 Å². The fourth-order valence-electron chi connectivity index (χ4n) is 4.49. The summed E-state index contributed by atoms with van der Waals surface area (Å²) in [7, 11) is 1.56. The number of furan rings is 1. The molecule has 202 valence electrons. The molecule has 10 heteroatoms. The van der Waals surface area contributed by atoms with Crippen molar-refractivity contribution in [1.82, 2.24) is 4.57 Å². The average molecular weight is 540 g/mol. The predicted octanol–water partition coefficient (Wildman–Crippen LogP) is 3.64. The maximum Gasteiger partial charge on any atom is 0.338 e. The third-order valence-electron chi connectivity index (χ3n) is 6.28. The average Bonchev–Trinajstić information content (AvgIpc) is 3.48. The summed E-state index contributed by atoms with van der Waals surface area (Å²) >= 11 is 1.25. The zero-order valence-electron chi connectivity index (χ0n) is 22.6. The Morgan fingerprint density at radius 3 is 2.55 bits per heavy atom. The lowest BCUT2D eigenvalue weighted by atomic mass is 9.95. The fourth-order valence-corrected chi connectivity index (χ4v) is 5.52. The van der Waals surface area contributed by atoms with E-state index in [1.54, 1.807) is 43.7 Å². The lowest BCUT2D eigenvalue weighted by Gasteiger charge is -2.25. The topological polar surface area (TPSA) is 95.5 Å². The minimum atomic E-state index is -0.750. The van der Waals surface area contributed by atoms with Crippen molar-refractivity contribution in [3.8, 4) is 11.5 Å². The van der Waals surface area contributed by atoms with Crippen LogP contribution in [0, 0.1) is 0 Å². The molecule has 1 unspecified atom stereocenters. The van der Waals surface area contributed by atoms with E-state index in [1.165, 1.54) is 11.3 Å². The number of hydrogen-bond donors (Lipinski definition) is 0. The van der Waals surface area contributed by atoms with Crippen molar-refractivity contribution >= 4 is 29.3 Å². The summed E-state index contributed by atoms with van der Waals surface area (Å²) in [6.45, 7) is 11.8.